The lowest BCUT2D eigenvalue weighted by Gasteiger charge is -2.14. The molecule has 0 aliphatic rings. The fourth-order valence-corrected chi connectivity index (χ4v) is 3.18. The molecule has 1 heterocycles. The van der Waals surface area contributed by atoms with Gasteiger partial charge >= 0.3 is 0 Å². The van der Waals surface area contributed by atoms with Gasteiger partial charge in [0.25, 0.3) is 5.56 Å². The molecule has 0 bridgehead atoms. The smallest absolute Gasteiger partial charge is 0.259 e. The summed E-state index contributed by atoms with van der Waals surface area (Å²) in [5.74, 6) is 1.33. The van der Waals surface area contributed by atoms with Crippen LogP contribution in [0, 0.1) is 0 Å². The van der Waals surface area contributed by atoms with Gasteiger partial charge in [0.2, 0.25) is 0 Å². The Labute approximate surface area is 172 Å². The Morgan fingerprint density at radius 3 is 2.75 bits per heavy atom. The largest absolute Gasteiger partial charge is 0.490 e. The number of ether oxygens (including phenoxy) is 2. The first-order valence-electron chi connectivity index (χ1n) is 8.99. The minimum atomic E-state index is -0.247. The van der Waals surface area contributed by atoms with Crippen LogP contribution in [0.1, 0.15) is 31.7 Å². The highest BCUT2D eigenvalue weighted by Crippen LogP contribution is 2.38. The van der Waals surface area contributed by atoms with Crippen molar-refractivity contribution in [1.29, 1.82) is 0 Å². The van der Waals surface area contributed by atoms with Crippen molar-refractivity contribution < 1.29 is 9.47 Å². The molecule has 28 heavy (non-hydrogen) atoms. The molecular formula is C21H20Cl2N2O3. The van der Waals surface area contributed by atoms with E-state index < -0.39 is 0 Å². The van der Waals surface area contributed by atoms with E-state index >= 15 is 0 Å². The van der Waals surface area contributed by atoms with Crippen molar-refractivity contribution in [1.82, 2.24) is 9.97 Å². The number of hydrogen-bond donors (Lipinski definition) is 1. The van der Waals surface area contributed by atoms with Gasteiger partial charge in [0.05, 0.1) is 34.2 Å². The molecule has 1 aromatic heterocycles. The lowest BCUT2D eigenvalue weighted by atomic mass is 10.1. The number of para-hydroxylation sites is 1. The molecule has 0 saturated heterocycles. The molecule has 0 fully saturated rings. The Bertz CT molecular complexity index is 1080. The molecule has 0 aliphatic carbocycles. The first-order valence-corrected chi connectivity index (χ1v) is 9.74. The second-order valence-electron chi connectivity index (χ2n) is 6.04. The van der Waals surface area contributed by atoms with Gasteiger partial charge in [0.15, 0.2) is 17.3 Å². The number of nitrogens with zero attached hydrogens (tertiary/aromatic N) is 1. The summed E-state index contributed by atoms with van der Waals surface area (Å²) in [6.45, 7) is 4.91. The molecule has 146 valence electrons. The van der Waals surface area contributed by atoms with E-state index in [0.29, 0.717) is 46.2 Å². The highest BCUT2D eigenvalue weighted by Gasteiger charge is 2.13. The molecule has 0 atom stereocenters. The fourth-order valence-electron chi connectivity index (χ4n) is 2.69. The average Bonchev–Trinajstić information content (AvgIpc) is 2.67. The zero-order valence-electron chi connectivity index (χ0n) is 15.6. The third kappa shape index (κ3) is 4.49. The van der Waals surface area contributed by atoms with Crippen LogP contribution >= 0.6 is 23.2 Å². The summed E-state index contributed by atoms with van der Waals surface area (Å²) in [6, 6.07) is 10.6. The summed E-state index contributed by atoms with van der Waals surface area (Å²) >= 11 is 12.8. The summed E-state index contributed by atoms with van der Waals surface area (Å²) in [7, 11) is 0. The standard InChI is InChI=1S/C21H20Cl2N2O3/c1-3-9-28-19-15(22)10-13(12-18(19)27-4-2)11-16(23)20-24-17-8-6-5-7-14(17)21(26)25-20/h5-8,10-12H,3-4,9H2,1-2H3,(H,24,25,26)/b16-11-. The number of halogens is 2. The van der Waals surface area contributed by atoms with Crippen LogP contribution in [-0.4, -0.2) is 23.2 Å². The molecular weight excluding hydrogens is 399 g/mol. The highest BCUT2D eigenvalue weighted by atomic mass is 35.5. The minimum Gasteiger partial charge on any atom is -0.490 e. The van der Waals surface area contributed by atoms with Crippen LogP contribution in [0.2, 0.25) is 5.02 Å². The van der Waals surface area contributed by atoms with Gasteiger partial charge in [-0.25, -0.2) is 4.98 Å². The van der Waals surface area contributed by atoms with E-state index in [1.165, 1.54) is 0 Å². The number of fused-ring (bicyclic) bond motifs is 1. The van der Waals surface area contributed by atoms with Gasteiger partial charge in [-0.1, -0.05) is 42.3 Å². The summed E-state index contributed by atoms with van der Waals surface area (Å²) < 4.78 is 11.4. The first kappa shape index (κ1) is 20.2. The molecule has 0 spiro atoms. The zero-order valence-corrected chi connectivity index (χ0v) is 17.1. The van der Waals surface area contributed by atoms with Gasteiger partial charge in [-0.05, 0) is 49.2 Å². The van der Waals surface area contributed by atoms with E-state index in [1.807, 2.05) is 19.9 Å². The number of H-pyrrole nitrogens is 1. The number of benzene rings is 2. The van der Waals surface area contributed by atoms with Crippen molar-refractivity contribution >= 4 is 45.2 Å². The average molecular weight is 419 g/mol. The molecule has 0 radical (unpaired) electrons. The highest BCUT2D eigenvalue weighted by molar-refractivity contribution is 6.50. The fraction of sp³-hybridized carbons (Fsp3) is 0.238. The molecule has 5 nitrogen and oxygen atoms in total. The third-order valence-corrected chi connectivity index (χ3v) is 4.48. The van der Waals surface area contributed by atoms with Crippen molar-refractivity contribution in [2.24, 2.45) is 0 Å². The lowest BCUT2D eigenvalue weighted by molar-refractivity contribution is 0.277. The van der Waals surface area contributed by atoms with Crippen LogP contribution in [0.3, 0.4) is 0 Å². The minimum absolute atomic E-state index is 0.247. The Kier molecular flexibility index (Phi) is 6.60. The summed E-state index contributed by atoms with van der Waals surface area (Å²) in [5.41, 5.74) is 1.03. The third-order valence-electron chi connectivity index (χ3n) is 3.91. The van der Waals surface area contributed by atoms with Crippen LogP contribution in [0.25, 0.3) is 22.0 Å². The molecule has 3 rings (SSSR count). The Hall–Kier alpha value is -2.50. The second kappa shape index (κ2) is 9.13. The summed E-state index contributed by atoms with van der Waals surface area (Å²) in [6.07, 6.45) is 2.53. The Balaban J connectivity index is 2.01. The van der Waals surface area contributed by atoms with Gasteiger partial charge in [0, 0.05) is 0 Å². The quantitative estimate of drug-likeness (QED) is 0.549. The van der Waals surface area contributed by atoms with Crippen molar-refractivity contribution in [3.8, 4) is 11.5 Å². The van der Waals surface area contributed by atoms with Gasteiger partial charge in [-0.15, -0.1) is 0 Å². The van der Waals surface area contributed by atoms with Crippen LogP contribution in [0.15, 0.2) is 41.2 Å². The van der Waals surface area contributed by atoms with Crippen molar-refractivity contribution in [2.75, 3.05) is 13.2 Å². The number of nitrogens with one attached hydrogen (secondary N) is 1. The second-order valence-corrected chi connectivity index (χ2v) is 6.85. The molecule has 0 unspecified atom stereocenters. The van der Waals surface area contributed by atoms with E-state index in [2.05, 4.69) is 9.97 Å². The molecule has 1 N–H and O–H groups in total. The number of aromatic nitrogens is 2. The topological polar surface area (TPSA) is 64.2 Å². The molecule has 0 aliphatic heterocycles. The van der Waals surface area contributed by atoms with E-state index in [1.54, 1.807) is 36.4 Å². The lowest BCUT2D eigenvalue weighted by Crippen LogP contribution is -2.10. The number of hydrogen-bond acceptors (Lipinski definition) is 4. The molecule has 7 heteroatoms. The van der Waals surface area contributed by atoms with Gasteiger partial charge in [0.1, 0.15) is 0 Å². The van der Waals surface area contributed by atoms with E-state index in [0.717, 1.165) is 6.42 Å². The van der Waals surface area contributed by atoms with Crippen molar-refractivity contribution in [2.45, 2.75) is 20.3 Å². The predicted molar refractivity (Wildman–Crippen MR) is 114 cm³/mol. The first-order chi connectivity index (χ1) is 13.5. The van der Waals surface area contributed by atoms with Crippen LogP contribution in [0.5, 0.6) is 11.5 Å². The van der Waals surface area contributed by atoms with Crippen LogP contribution in [-0.2, 0) is 0 Å². The maximum absolute atomic E-state index is 12.3. The predicted octanol–water partition coefficient (Wildman–Crippen LogP) is 5.50. The molecule has 0 saturated carbocycles. The Morgan fingerprint density at radius 2 is 2.00 bits per heavy atom. The SMILES string of the molecule is CCCOc1c(Cl)cc(/C=C(\Cl)c2nc3ccccc3c(=O)[nH]2)cc1OCC. The number of rotatable bonds is 7. The Morgan fingerprint density at radius 1 is 1.21 bits per heavy atom. The van der Waals surface area contributed by atoms with Crippen molar-refractivity contribution in [3.63, 3.8) is 0 Å². The number of aromatic amines is 1. The van der Waals surface area contributed by atoms with Crippen LogP contribution in [0.4, 0.5) is 0 Å². The van der Waals surface area contributed by atoms with Gasteiger partial charge in [-0.3, -0.25) is 4.79 Å². The van der Waals surface area contributed by atoms with Crippen molar-refractivity contribution in [3.05, 3.63) is 63.2 Å². The molecule has 3 aromatic rings. The summed E-state index contributed by atoms with van der Waals surface area (Å²) in [5, 5.41) is 1.22. The van der Waals surface area contributed by atoms with Crippen LogP contribution < -0.4 is 15.0 Å². The van der Waals surface area contributed by atoms with E-state index in [4.69, 9.17) is 32.7 Å². The maximum atomic E-state index is 12.3. The zero-order chi connectivity index (χ0) is 20.1. The summed E-state index contributed by atoms with van der Waals surface area (Å²) in [4.78, 5) is 19.4. The van der Waals surface area contributed by atoms with E-state index in [9.17, 15) is 4.79 Å². The monoisotopic (exact) mass is 418 g/mol. The van der Waals surface area contributed by atoms with E-state index in [-0.39, 0.29) is 16.4 Å². The maximum Gasteiger partial charge on any atom is 0.259 e. The van der Waals surface area contributed by atoms with Gasteiger partial charge < -0.3 is 14.5 Å². The normalized spacial score (nSPS) is 11.6. The molecule has 2 aromatic carbocycles. The van der Waals surface area contributed by atoms with Gasteiger partial charge in [-0.2, -0.15) is 0 Å². The molecule has 0 amide bonds.